The Labute approximate surface area is 226 Å². The number of nitrogens with zero attached hydrogens (tertiary/aromatic N) is 2. The van der Waals surface area contributed by atoms with Crippen LogP contribution in [-0.4, -0.2) is 11.6 Å². The Morgan fingerprint density at radius 2 is 1.65 bits per heavy atom. The first kappa shape index (κ1) is 29.6. The van der Waals surface area contributed by atoms with Crippen molar-refractivity contribution in [2.24, 2.45) is 44.3 Å². The van der Waals surface area contributed by atoms with Crippen LogP contribution in [0.5, 0.6) is 0 Å². The number of hydrogen-bond acceptors (Lipinski definition) is 4. The molecule has 0 aliphatic heterocycles. The minimum absolute atomic E-state index is 0.0280. The Bertz CT molecular complexity index is 1040. The highest BCUT2D eigenvalue weighted by atomic mass is 16.1. The van der Waals surface area contributed by atoms with Gasteiger partial charge >= 0.3 is 0 Å². The second-order valence-corrected chi connectivity index (χ2v) is 15.0. The van der Waals surface area contributed by atoms with Crippen LogP contribution < -0.4 is 0 Å². The fourth-order valence-electron chi connectivity index (χ4n) is 8.82. The van der Waals surface area contributed by atoms with Crippen LogP contribution in [0.15, 0.2) is 11.6 Å². The largest absolute Gasteiger partial charge is 0.300 e. The molecule has 0 N–H and O–H groups in total. The molecular weight excluding hydrogens is 456 g/mol. The molecule has 37 heavy (non-hydrogen) atoms. The van der Waals surface area contributed by atoms with E-state index in [2.05, 4.69) is 53.7 Å². The molecule has 3 aliphatic carbocycles. The lowest BCUT2D eigenvalue weighted by atomic mass is 9.39. The Balaban J connectivity index is 2.05. The summed E-state index contributed by atoms with van der Waals surface area (Å²) in [4.78, 5) is 26.0. The van der Waals surface area contributed by atoms with Gasteiger partial charge in [0, 0.05) is 11.8 Å². The molecule has 4 heteroatoms. The van der Waals surface area contributed by atoms with E-state index in [0.717, 1.165) is 57.8 Å². The fraction of sp³-hybridized carbons (Fsp3) is 0.818. The highest BCUT2D eigenvalue weighted by Gasteiger charge is 2.64. The number of nitriles is 2. The normalized spacial score (nSPS) is 35.8. The van der Waals surface area contributed by atoms with Gasteiger partial charge in [-0.05, 0) is 91.8 Å². The summed E-state index contributed by atoms with van der Waals surface area (Å²) >= 11 is 0. The summed E-state index contributed by atoms with van der Waals surface area (Å²) < 4.78 is 0. The third-order valence-electron chi connectivity index (χ3n) is 12.1. The number of hydrogen-bond donors (Lipinski definition) is 0. The molecule has 0 saturated heterocycles. The maximum atomic E-state index is 13.2. The topological polar surface area (TPSA) is 81.7 Å². The Morgan fingerprint density at radius 1 is 1.05 bits per heavy atom. The standard InChI is InChI=1S/C33H50N2O2/c1-10-30(7,15-18-33(22-35)16-13-28(3,4)14-17-33)32(9)12-11-25-29(5,6)27(37)24(21-34)20-31(25,8)26(32)19-23(2)36/h20,25-26H,10-19H2,1-9H3/t25?,26?,30-,31-,32+/m0/s1. The van der Waals surface area contributed by atoms with E-state index >= 15 is 0 Å². The van der Waals surface area contributed by atoms with Crippen LogP contribution in [0.25, 0.3) is 0 Å². The molecule has 0 aromatic rings. The van der Waals surface area contributed by atoms with Gasteiger partial charge in [-0.15, -0.1) is 0 Å². The minimum Gasteiger partial charge on any atom is -0.300 e. The third-order valence-corrected chi connectivity index (χ3v) is 12.1. The summed E-state index contributed by atoms with van der Waals surface area (Å²) in [6.07, 6.45) is 11.2. The van der Waals surface area contributed by atoms with Crippen molar-refractivity contribution in [3.8, 4) is 12.1 Å². The summed E-state index contributed by atoms with van der Waals surface area (Å²) in [5.41, 5.74) is -0.955. The van der Waals surface area contributed by atoms with Crippen molar-refractivity contribution < 1.29 is 9.59 Å². The average molecular weight is 507 g/mol. The molecule has 3 aliphatic rings. The molecule has 204 valence electrons. The van der Waals surface area contributed by atoms with Crippen LogP contribution in [-0.2, 0) is 9.59 Å². The Hall–Kier alpha value is -1.94. The van der Waals surface area contributed by atoms with Crippen molar-refractivity contribution in [2.45, 2.75) is 127 Å². The van der Waals surface area contributed by atoms with E-state index in [1.807, 2.05) is 19.9 Å². The van der Waals surface area contributed by atoms with Gasteiger partial charge < -0.3 is 4.79 Å². The molecule has 0 bridgehead atoms. The zero-order chi connectivity index (χ0) is 28.1. The summed E-state index contributed by atoms with van der Waals surface area (Å²) in [6.45, 7) is 19.5. The second kappa shape index (κ2) is 9.67. The van der Waals surface area contributed by atoms with Gasteiger partial charge in [0.25, 0.3) is 0 Å². The SMILES string of the molecule is CC[C@@](C)(CCC1(C#N)CCC(C)(C)CC1)[C@]1(C)CCC2C(C)(C)C(=O)C(C#N)=C[C@]2(C)C1CC(C)=O. The average Bonchev–Trinajstić information content (AvgIpc) is 2.83. The van der Waals surface area contributed by atoms with Crippen molar-refractivity contribution in [1.82, 2.24) is 0 Å². The van der Waals surface area contributed by atoms with Crippen LogP contribution in [0, 0.1) is 67.0 Å². The van der Waals surface area contributed by atoms with Gasteiger partial charge in [0.05, 0.1) is 17.1 Å². The molecule has 0 spiro atoms. The molecule has 3 rings (SSSR count). The molecule has 2 unspecified atom stereocenters. The molecule has 0 aromatic heterocycles. The summed E-state index contributed by atoms with van der Waals surface area (Å²) in [7, 11) is 0. The number of allylic oxidation sites excluding steroid dienone is 2. The summed E-state index contributed by atoms with van der Waals surface area (Å²) in [5, 5.41) is 20.2. The van der Waals surface area contributed by atoms with Gasteiger partial charge in [0.1, 0.15) is 11.9 Å². The second-order valence-electron chi connectivity index (χ2n) is 15.0. The predicted molar refractivity (Wildman–Crippen MR) is 148 cm³/mol. The molecule has 0 aromatic carbocycles. The highest BCUT2D eigenvalue weighted by molar-refractivity contribution is 6.04. The van der Waals surface area contributed by atoms with Crippen LogP contribution in [0.1, 0.15) is 127 Å². The van der Waals surface area contributed by atoms with Gasteiger partial charge in [0.15, 0.2) is 5.78 Å². The monoisotopic (exact) mass is 506 g/mol. The Kier molecular flexibility index (Phi) is 7.74. The maximum Gasteiger partial charge on any atom is 0.178 e. The number of Topliss-reactive ketones (excluding diaryl/α,β-unsaturated/α-hetero) is 2. The summed E-state index contributed by atoms with van der Waals surface area (Å²) in [5.74, 6) is 0.229. The number of carbonyl (C=O) groups is 2. The molecular formula is C33H50N2O2. The zero-order valence-corrected chi connectivity index (χ0v) is 25.0. The van der Waals surface area contributed by atoms with Crippen LogP contribution in [0.2, 0.25) is 0 Å². The van der Waals surface area contributed by atoms with E-state index in [0.29, 0.717) is 11.8 Å². The van der Waals surface area contributed by atoms with E-state index < -0.39 is 10.8 Å². The third kappa shape index (κ3) is 4.84. The molecule has 4 nitrogen and oxygen atoms in total. The predicted octanol–water partition coefficient (Wildman–Crippen LogP) is 8.37. The van der Waals surface area contributed by atoms with Crippen LogP contribution in [0.3, 0.4) is 0 Å². The molecule has 2 fully saturated rings. The van der Waals surface area contributed by atoms with Gasteiger partial charge in [-0.2, -0.15) is 10.5 Å². The maximum absolute atomic E-state index is 13.2. The van der Waals surface area contributed by atoms with Crippen molar-refractivity contribution in [1.29, 1.82) is 10.5 Å². The smallest absolute Gasteiger partial charge is 0.178 e. The summed E-state index contributed by atoms with van der Waals surface area (Å²) in [6, 6.07) is 4.95. The molecule has 0 heterocycles. The van der Waals surface area contributed by atoms with Crippen LogP contribution >= 0.6 is 0 Å². The van der Waals surface area contributed by atoms with E-state index in [1.165, 1.54) is 0 Å². The fourth-order valence-corrected chi connectivity index (χ4v) is 8.82. The van der Waals surface area contributed by atoms with E-state index in [1.54, 1.807) is 6.92 Å². The van der Waals surface area contributed by atoms with E-state index in [4.69, 9.17) is 0 Å². The quantitative estimate of drug-likeness (QED) is 0.347. The van der Waals surface area contributed by atoms with Gasteiger partial charge in [0.2, 0.25) is 0 Å². The molecule has 0 radical (unpaired) electrons. The minimum atomic E-state index is -0.632. The first-order valence-electron chi connectivity index (χ1n) is 14.5. The molecule has 5 atom stereocenters. The highest BCUT2D eigenvalue weighted by Crippen LogP contribution is 2.69. The zero-order valence-electron chi connectivity index (χ0n) is 25.0. The van der Waals surface area contributed by atoms with E-state index in [-0.39, 0.29) is 45.2 Å². The molecule has 2 saturated carbocycles. The Morgan fingerprint density at radius 3 is 2.14 bits per heavy atom. The van der Waals surface area contributed by atoms with Crippen molar-refractivity contribution in [2.75, 3.05) is 0 Å². The number of carbonyl (C=O) groups excluding carboxylic acids is 2. The van der Waals surface area contributed by atoms with E-state index in [9.17, 15) is 20.1 Å². The van der Waals surface area contributed by atoms with Crippen molar-refractivity contribution in [3.05, 3.63) is 11.6 Å². The first-order valence-corrected chi connectivity index (χ1v) is 14.5. The van der Waals surface area contributed by atoms with Gasteiger partial charge in [-0.1, -0.05) is 67.9 Å². The molecule has 0 amide bonds. The number of fused-ring (bicyclic) bond motifs is 1. The van der Waals surface area contributed by atoms with Gasteiger partial charge in [-0.3, -0.25) is 4.79 Å². The lowest BCUT2D eigenvalue weighted by Gasteiger charge is -2.65. The lowest BCUT2D eigenvalue weighted by Crippen LogP contribution is -2.60. The van der Waals surface area contributed by atoms with Gasteiger partial charge in [-0.25, -0.2) is 0 Å². The van der Waals surface area contributed by atoms with Crippen molar-refractivity contribution in [3.63, 3.8) is 0 Å². The number of rotatable bonds is 7. The number of ketones is 2. The lowest BCUT2D eigenvalue weighted by molar-refractivity contribution is -0.159. The van der Waals surface area contributed by atoms with Crippen LogP contribution in [0.4, 0.5) is 0 Å². The van der Waals surface area contributed by atoms with Crippen molar-refractivity contribution >= 4 is 11.6 Å². The first-order chi connectivity index (χ1) is 17.0.